The maximum Gasteiger partial charge on any atom is 0.222 e. The van der Waals surface area contributed by atoms with Crippen molar-refractivity contribution in [2.75, 3.05) is 0 Å². The largest absolute Gasteiger partial charge is 0.504 e. The number of rotatable bonds is 13. The lowest BCUT2D eigenvalue weighted by Crippen LogP contribution is -2.23. The Hall–Kier alpha value is -3.95. The van der Waals surface area contributed by atoms with E-state index in [2.05, 4.69) is 69.4 Å². The molecular formula is C40H52O3. The molecular weight excluding hydrogens is 528 g/mol. The van der Waals surface area contributed by atoms with Gasteiger partial charge in [-0.25, -0.2) is 0 Å². The number of aliphatic hydroxyl groups is 2. The molecule has 2 N–H and O–H groups in total. The van der Waals surface area contributed by atoms with Crippen molar-refractivity contribution in [1.82, 2.24) is 0 Å². The van der Waals surface area contributed by atoms with Gasteiger partial charge in [0, 0.05) is 11.0 Å². The number of aliphatic hydroxyl groups excluding tert-OH is 1. The van der Waals surface area contributed by atoms with Gasteiger partial charge in [-0.05, 0) is 73.5 Å². The molecule has 43 heavy (non-hydrogen) atoms. The number of hydrogen-bond donors (Lipinski definition) is 2. The van der Waals surface area contributed by atoms with Crippen molar-refractivity contribution >= 4 is 5.78 Å². The standard InChI is InChI=1S/C40H52O3/c1-30(19-13-21-32(3)22-14-23-33(4)25-16-28-40(9,10)43)17-11-12-18-31(2)20-15-24-34(5)26-27-36-35(6)38(42)37(41)29-39(36,7)8/h11-27,29,41,43H,28H2,1-10H3. The first-order valence-corrected chi connectivity index (χ1v) is 14.8. The minimum absolute atomic E-state index is 0.173. The fourth-order valence-corrected chi connectivity index (χ4v) is 4.12. The van der Waals surface area contributed by atoms with Crippen molar-refractivity contribution in [3.05, 3.63) is 154 Å². The summed E-state index contributed by atoms with van der Waals surface area (Å²) in [6.07, 6.45) is 37.0. The lowest BCUT2D eigenvalue weighted by atomic mass is 9.76. The Kier molecular flexibility index (Phi) is 15.4. The Morgan fingerprint density at radius 3 is 1.56 bits per heavy atom. The zero-order valence-corrected chi connectivity index (χ0v) is 27.9. The highest BCUT2D eigenvalue weighted by molar-refractivity contribution is 6.08. The van der Waals surface area contributed by atoms with E-state index in [1.165, 1.54) is 0 Å². The SMILES string of the molecule is CC(C=CC=C(C)C=CC=C(C)C=CCC(C)(C)O)=CC=CC=C(C)C=CC=C(C)C=CC1=C(C)C(=O)C(O)=CC1(C)C. The van der Waals surface area contributed by atoms with Gasteiger partial charge in [0.05, 0.1) is 5.60 Å². The van der Waals surface area contributed by atoms with Crippen LogP contribution in [0.4, 0.5) is 0 Å². The van der Waals surface area contributed by atoms with Crippen LogP contribution in [0.15, 0.2) is 154 Å². The van der Waals surface area contributed by atoms with Gasteiger partial charge in [-0.3, -0.25) is 4.79 Å². The molecule has 0 saturated heterocycles. The molecule has 0 fully saturated rings. The van der Waals surface area contributed by atoms with E-state index in [4.69, 9.17) is 0 Å². The van der Waals surface area contributed by atoms with Crippen molar-refractivity contribution in [2.45, 2.75) is 81.3 Å². The second-order valence-corrected chi connectivity index (χ2v) is 12.4. The second kappa shape index (κ2) is 17.9. The highest BCUT2D eigenvalue weighted by atomic mass is 16.3. The molecule has 1 rings (SSSR count). The number of ketones is 1. The number of allylic oxidation sites excluding steroid dienone is 24. The van der Waals surface area contributed by atoms with E-state index in [9.17, 15) is 15.0 Å². The van der Waals surface area contributed by atoms with E-state index in [1.807, 2.05) is 82.4 Å². The molecule has 0 atom stereocenters. The van der Waals surface area contributed by atoms with E-state index in [0.717, 1.165) is 33.4 Å². The van der Waals surface area contributed by atoms with Crippen LogP contribution in [0.3, 0.4) is 0 Å². The summed E-state index contributed by atoms with van der Waals surface area (Å²) in [5.41, 5.74) is 6.08. The van der Waals surface area contributed by atoms with Gasteiger partial charge >= 0.3 is 0 Å². The predicted octanol–water partition coefficient (Wildman–Crippen LogP) is 10.6. The molecule has 0 saturated carbocycles. The second-order valence-electron chi connectivity index (χ2n) is 12.4. The molecule has 3 nitrogen and oxygen atoms in total. The summed E-state index contributed by atoms with van der Waals surface area (Å²) in [6.45, 7) is 19.6. The molecule has 0 radical (unpaired) electrons. The van der Waals surface area contributed by atoms with Crippen molar-refractivity contribution in [3.8, 4) is 0 Å². The first-order valence-electron chi connectivity index (χ1n) is 14.8. The molecule has 1 aliphatic rings. The fourth-order valence-electron chi connectivity index (χ4n) is 4.12. The Balaban J connectivity index is 2.65. The molecule has 0 heterocycles. The zero-order chi connectivity index (χ0) is 32.6. The zero-order valence-electron chi connectivity index (χ0n) is 27.9. The van der Waals surface area contributed by atoms with Crippen LogP contribution in [0.1, 0.15) is 75.7 Å². The molecule has 0 spiro atoms. The average Bonchev–Trinajstić information content (AvgIpc) is 2.88. The summed E-state index contributed by atoms with van der Waals surface area (Å²) in [6, 6.07) is 0. The highest BCUT2D eigenvalue weighted by Gasteiger charge is 2.30. The Morgan fingerprint density at radius 2 is 1.12 bits per heavy atom. The minimum atomic E-state index is -0.675. The van der Waals surface area contributed by atoms with Crippen molar-refractivity contribution in [3.63, 3.8) is 0 Å². The first-order chi connectivity index (χ1) is 20.0. The average molecular weight is 581 g/mol. The van der Waals surface area contributed by atoms with E-state index in [0.29, 0.717) is 12.0 Å². The molecule has 0 bridgehead atoms. The first kappa shape index (κ1) is 37.1. The third-order valence-electron chi connectivity index (χ3n) is 6.66. The van der Waals surface area contributed by atoms with E-state index in [1.54, 1.807) is 26.8 Å². The van der Waals surface area contributed by atoms with Gasteiger partial charge in [-0.2, -0.15) is 0 Å². The molecule has 0 aliphatic heterocycles. The summed E-state index contributed by atoms with van der Waals surface area (Å²) in [5.74, 6) is -0.479. The summed E-state index contributed by atoms with van der Waals surface area (Å²) in [4.78, 5) is 12.2. The summed E-state index contributed by atoms with van der Waals surface area (Å²) in [5, 5.41) is 19.6. The van der Waals surface area contributed by atoms with Crippen LogP contribution in [0, 0.1) is 5.41 Å². The maximum absolute atomic E-state index is 12.2. The number of hydrogen-bond acceptors (Lipinski definition) is 3. The van der Waals surface area contributed by atoms with Crippen molar-refractivity contribution in [1.29, 1.82) is 0 Å². The predicted molar refractivity (Wildman–Crippen MR) is 187 cm³/mol. The van der Waals surface area contributed by atoms with Crippen LogP contribution in [-0.4, -0.2) is 21.6 Å². The highest BCUT2D eigenvalue weighted by Crippen LogP contribution is 2.37. The fraction of sp³-hybridized carbons (Fsp3) is 0.325. The lowest BCUT2D eigenvalue weighted by molar-refractivity contribution is -0.114. The van der Waals surface area contributed by atoms with Crippen LogP contribution in [0.2, 0.25) is 0 Å². The van der Waals surface area contributed by atoms with E-state index < -0.39 is 11.0 Å². The topological polar surface area (TPSA) is 57.5 Å². The van der Waals surface area contributed by atoms with Crippen molar-refractivity contribution < 1.29 is 15.0 Å². The summed E-state index contributed by atoms with van der Waals surface area (Å²) in [7, 11) is 0. The quantitative estimate of drug-likeness (QED) is 0.213. The van der Waals surface area contributed by atoms with Gasteiger partial charge in [0.2, 0.25) is 5.78 Å². The smallest absolute Gasteiger partial charge is 0.222 e. The lowest BCUT2D eigenvalue weighted by Gasteiger charge is -2.28. The molecule has 230 valence electrons. The van der Waals surface area contributed by atoms with Crippen LogP contribution in [0.25, 0.3) is 0 Å². The van der Waals surface area contributed by atoms with Crippen LogP contribution >= 0.6 is 0 Å². The van der Waals surface area contributed by atoms with Crippen LogP contribution in [0.5, 0.6) is 0 Å². The Labute approximate surface area is 261 Å². The van der Waals surface area contributed by atoms with Crippen LogP contribution < -0.4 is 0 Å². The normalized spacial score (nSPS) is 18.7. The van der Waals surface area contributed by atoms with Gasteiger partial charge in [0.15, 0.2) is 5.76 Å². The van der Waals surface area contributed by atoms with E-state index >= 15 is 0 Å². The minimum Gasteiger partial charge on any atom is -0.504 e. The molecule has 0 amide bonds. The van der Waals surface area contributed by atoms with Crippen molar-refractivity contribution in [2.24, 2.45) is 5.41 Å². The molecule has 3 heteroatoms. The molecule has 0 aromatic carbocycles. The van der Waals surface area contributed by atoms with Gasteiger partial charge in [-0.15, -0.1) is 0 Å². The number of carbonyl (C=O) groups excluding carboxylic acids is 1. The van der Waals surface area contributed by atoms with E-state index in [-0.39, 0.29) is 11.5 Å². The summed E-state index contributed by atoms with van der Waals surface area (Å²) < 4.78 is 0. The van der Waals surface area contributed by atoms with Crippen LogP contribution in [-0.2, 0) is 4.79 Å². The summed E-state index contributed by atoms with van der Waals surface area (Å²) >= 11 is 0. The third kappa shape index (κ3) is 15.7. The van der Waals surface area contributed by atoms with Gasteiger partial charge < -0.3 is 10.2 Å². The Morgan fingerprint density at radius 1 is 0.721 bits per heavy atom. The van der Waals surface area contributed by atoms with Gasteiger partial charge in [0.25, 0.3) is 0 Å². The molecule has 0 aromatic rings. The monoisotopic (exact) mass is 580 g/mol. The van der Waals surface area contributed by atoms with Gasteiger partial charge in [0.1, 0.15) is 0 Å². The molecule has 0 aromatic heterocycles. The molecule has 0 unspecified atom stereocenters. The van der Waals surface area contributed by atoms with Gasteiger partial charge in [-0.1, -0.05) is 145 Å². The number of carbonyl (C=O) groups is 1. The molecule has 1 aliphatic carbocycles. The maximum atomic E-state index is 12.2. The Bertz CT molecular complexity index is 1390. The third-order valence-corrected chi connectivity index (χ3v) is 6.66. The number of Topliss-reactive ketones (excluding diaryl/α,β-unsaturated/α-hetero) is 1.